The zero-order valence-corrected chi connectivity index (χ0v) is 17.6. The Balaban J connectivity index is 1.45. The number of hydrogen-bond acceptors (Lipinski definition) is 5. The highest BCUT2D eigenvalue weighted by atomic mass is 16.5. The van der Waals surface area contributed by atoms with Crippen molar-refractivity contribution >= 4 is 5.82 Å². The molecule has 0 spiro atoms. The first-order valence-electron chi connectivity index (χ1n) is 10.5. The Hall–Kier alpha value is -2.14. The lowest BCUT2D eigenvalue weighted by Crippen LogP contribution is -2.38. The van der Waals surface area contributed by atoms with E-state index in [1.165, 1.54) is 24.0 Å². The van der Waals surface area contributed by atoms with E-state index in [0.717, 1.165) is 55.6 Å². The van der Waals surface area contributed by atoms with Crippen LogP contribution in [0.1, 0.15) is 48.3 Å². The number of aromatic nitrogens is 2. The van der Waals surface area contributed by atoms with Crippen LogP contribution in [0.25, 0.3) is 0 Å². The van der Waals surface area contributed by atoms with E-state index in [1.807, 2.05) is 6.20 Å². The standard InChI is InChI=1S/C23H32N4O/c1-16-10-20(11-17(2)25-16)12-19-6-5-7-27(15-19)18(3)21-13-22-23(24-14-21)26(4)8-9-28-22/h10-11,13-14,18-19H,5-9,12,15H2,1-4H3/t18?,19-/m1/s1. The normalized spacial score (nSPS) is 21.1. The number of aryl methyl sites for hydroxylation is 2. The molecule has 150 valence electrons. The highest BCUT2D eigenvalue weighted by Crippen LogP contribution is 2.34. The van der Waals surface area contributed by atoms with Crippen molar-refractivity contribution in [1.29, 1.82) is 0 Å². The minimum atomic E-state index is 0.359. The number of anilines is 1. The van der Waals surface area contributed by atoms with Crippen molar-refractivity contribution in [2.24, 2.45) is 5.92 Å². The molecule has 1 unspecified atom stereocenters. The van der Waals surface area contributed by atoms with E-state index in [1.54, 1.807) is 0 Å². The van der Waals surface area contributed by atoms with Crippen molar-refractivity contribution in [1.82, 2.24) is 14.9 Å². The molecule has 0 bridgehead atoms. The van der Waals surface area contributed by atoms with Crippen molar-refractivity contribution in [3.8, 4) is 5.75 Å². The molecule has 1 fully saturated rings. The van der Waals surface area contributed by atoms with E-state index in [0.29, 0.717) is 12.0 Å². The molecule has 5 heteroatoms. The highest BCUT2D eigenvalue weighted by Gasteiger charge is 2.26. The molecule has 4 heterocycles. The molecule has 5 nitrogen and oxygen atoms in total. The van der Waals surface area contributed by atoms with Crippen molar-refractivity contribution < 1.29 is 4.74 Å². The van der Waals surface area contributed by atoms with Crippen LogP contribution >= 0.6 is 0 Å². The van der Waals surface area contributed by atoms with E-state index in [4.69, 9.17) is 4.74 Å². The van der Waals surface area contributed by atoms with Gasteiger partial charge in [-0.3, -0.25) is 9.88 Å². The molecule has 1 saturated heterocycles. The van der Waals surface area contributed by atoms with E-state index >= 15 is 0 Å². The number of rotatable bonds is 4. The van der Waals surface area contributed by atoms with Crippen LogP contribution in [-0.2, 0) is 6.42 Å². The third-order valence-corrected chi connectivity index (χ3v) is 6.15. The Kier molecular flexibility index (Phi) is 5.54. The van der Waals surface area contributed by atoms with Gasteiger partial charge in [0.15, 0.2) is 11.6 Å². The smallest absolute Gasteiger partial charge is 0.171 e. The van der Waals surface area contributed by atoms with Crippen LogP contribution in [0, 0.1) is 19.8 Å². The van der Waals surface area contributed by atoms with Crippen molar-refractivity contribution in [3.63, 3.8) is 0 Å². The summed E-state index contributed by atoms with van der Waals surface area (Å²) in [4.78, 5) is 14.0. The maximum absolute atomic E-state index is 5.87. The lowest BCUT2D eigenvalue weighted by atomic mass is 9.90. The maximum atomic E-state index is 5.87. The van der Waals surface area contributed by atoms with Gasteiger partial charge in [0.05, 0.1) is 6.54 Å². The Morgan fingerprint density at radius 3 is 2.75 bits per heavy atom. The summed E-state index contributed by atoms with van der Waals surface area (Å²) >= 11 is 0. The molecular weight excluding hydrogens is 348 g/mol. The number of hydrogen-bond donors (Lipinski definition) is 0. The predicted molar refractivity (Wildman–Crippen MR) is 113 cm³/mol. The Labute approximate surface area is 168 Å². The van der Waals surface area contributed by atoms with E-state index in [2.05, 4.69) is 65.8 Å². The molecule has 2 aliphatic rings. The van der Waals surface area contributed by atoms with Gasteiger partial charge in [-0.2, -0.15) is 0 Å². The number of pyridine rings is 2. The van der Waals surface area contributed by atoms with Crippen LogP contribution in [0.15, 0.2) is 24.4 Å². The molecule has 2 aliphatic heterocycles. The number of piperidine rings is 1. The van der Waals surface area contributed by atoms with Gasteiger partial charge in [-0.05, 0) is 81.8 Å². The van der Waals surface area contributed by atoms with E-state index in [9.17, 15) is 0 Å². The molecule has 0 aliphatic carbocycles. The molecule has 4 rings (SSSR count). The minimum Gasteiger partial charge on any atom is -0.488 e. The van der Waals surface area contributed by atoms with Crippen LogP contribution in [0.5, 0.6) is 5.75 Å². The van der Waals surface area contributed by atoms with Crippen LogP contribution in [-0.4, -0.2) is 48.2 Å². The van der Waals surface area contributed by atoms with Gasteiger partial charge in [0.25, 0.3) is 0 Å². The molecule has 0 saturated carbocycles. The second-order valence-corrected chi connectivity index (χ2v) is 8.50. The van der Waals surface area contributed by atoms with Crippen LogP contribution < -0.4 is 9.64 Å². The number of nitrogens with zero attached hydrogens (tertiary/aromatic N) is 4. The topological polar surface area (TPSA) is 41.5 Å². The first kappa shape index (κ1) is 19.2. The zero-order chi connectivity index (χ0) is 19.7. The summed E-state index contributed by atoms with van der Waals surface area (Å²) in [6, 6.07) is 7.05. The molecular formula is C23H32N4O. The minimum absolute atomic E-state index is 0.359. The Morgan fingerprint density at radius 2 is 1.96 bits per heavy atom. The first-order chi connectivity index (χ1) is 13.5. The summed E-state index contributed by atoms with van der Waals surface area (Å²) in [6.07, 6.45) is 5.74. The summed E-state index contributed by atoms with van der Waals surface area (Å²) < 4.78 is 5.87. The summed E-state index contributed by atoms with van der Waals surface area (Å²) in [5.74, 6) is 2.59. The van der Waals surface area contributed by atoms with Gasteiger partial charge in [-0.15, -0.1) is 0 Å². The largest absolute Gasteiger partial charge is 0.488 e. The Bertz CT molecular complexity index is 817. The van der Waals surface area contributed by atoms with Crippen LogP contribution in [0.4, 0.5) is 5.82 Å². The van der Waals surface area contributed by atoms with Crippen LogP contribution in [0.3, 0.4) is 0 Å². The summed E-state index contributed by atoms with van der Waals surface area (Å²) in [5, 5.41) is 0. The second kappa shape index (κ2) is 8.08. The molecule has 0 amide bonds. The lowest BCUT2D eigenvalue weighted by molar-refractivity contribution is 0.131. The van der Waals surface area contributed by atoms with Crippen molar-refractivity contribution in [2.75, 3.05) is 38.2 Å². The zero-order valence-electron chi connectivity index (χ0n) is 17.6. The summed E-state index contributed by atoms with van der Waals surface area (Å²) in [7, 11) is 2.08. The van der Waals surface area contributed by atoms with Gasteiger partial charge in [0.2, 0.25) is 0 Å². The number of likely N-dealkylation sites (tertiary alicyclic amines) is 1. The number of fused-ring (bicyclic) bond motifs is 1. The Morgan fingerprint density at radius 1 is 1.18 bits per heavy atom. The average molecular weight is 381 g/mol. The molecule has 0 aromatic carbocycles. The molecule has 0 N–H and O–H groups in total. The maximum Gasteiger partial charge on any atom is 0.171 e. The monoisotopic (exact) mass is 380 g/mol. The van der Waals surface area contributed by atoms with Gasteiger partial charge in [-0.1, -0.05) is 0 Å². The second-order valence-electron chi connectivity index (χ2n) is 8.50. The fourth-order valence-corrected chi connectivity index (χ4v) is 4.67. The highest BCUT2D eigenvalue weighted by molar-refractivity contribution is 5.54. The molecule has 28 heavy (non-hydrogen) atoms. The van der Waals surface area contributed by atoms with Gasteiger partial charge in [-0.25, -0.2) is 4.98 Å². The first-order valence-corrected chi connectivity index (χ1v) is 10.5. The molecule has 2 atom stereocenters. The molecule has 2 aromatic rings. The van der Waals surface area contributed by atoms with E-state index < -0.39 is 0 Å². The number of ether oxygens (including phenoxy) is 1. The van der Waals surface area contributed by atoms with Crippen molar-refractivity contribution in [2.45, 2.75) is 46.1 Å². The van der Waals surface area contributed by atoms with E-state index in [-0.39, 0.29) is 0 Å². The van der Waals surface area contributed by atoms with Gasteiger partial charge < -0.3 is 9.64 Å². The summed E-state index contributed by atoms with van der Waals surface area (Å²) in [6.45, 7) is 10.4. The number of likely N-dealkylation sites (N-methyl/N-ethyl adjacent to an activating group) is 1. The molecule has 0 radical (unpaired) electrons. The summed E-state index contributed by atoms with van der Waals surface area (Å²) in [5.41, 5.74) is 4.93. The fourth-order valence-electron chi connectivity index (χ4n) is 4.67. The van der Waals surface area contributed by atoms with Crippen LogP contribution in [0.2, 0.25) is 0 Å². The van der Waals surface area contributed by atoms with Gasteiger partial charge in [0, 0.05) is 37.2 Å². The van der Waals surface area contributed by atoms with Crippen molar-refractivity contribution in [3.05, 3.63) is 46.9 Å². The predicted octanol–water partition coefficient (Wildman–Crippen LogP) is 3.94. The lowest BCUT2D eigenvalue weighted by Gasteiger charge is -2.37. The quantitative estimate of drug-likeness (QED) is 0.804. The van der Waals surface area contributed by atoms with Gasteiger partial charge in [0.1, 0.15) is 6.61 Å². The third-order valence-electron chi connectivity index (χ3n) is 6.15. The molecule has 2 aromatic heterocycles. The fraction of sp³-hybridized carbons (Fsp3) is 0.565. The van der Waals surface area contributed by atoms with Gasteiger partial charge >= 0.3 is 0 Å². The third kappa shape index (κ3) is 4.14. The SMILES string of the molecule is Cc1cc(C[C@H]2CCCN(C(C)c3cnc4c(c3)OCCN4C)C2)cc(C)n1. The average Bonchev–Trinajstić information content (AvgIpc) is 2.67.